The van der Waals surface area contributed by atoms with Crippen molar-refractivity contribution in [2.24, 2.45) is 0 Å². The van der Waals surface area contributed by atoms with Gasteiger partial charge in [-0.2, -0.15) is 0 Å². The molecule has 0 heterocycles. The second-order valence-electron chi connectivity index (χ2n) is 5.74. The van der Waals surface area contributed by atoms with E-state index in [0.717, 1.165) is 0 Å². The lowest BCUT2D eigenvalue weighted by molar-refractivity contribution is -0.129. The highest BCUT2D eigenvalue weighted by atomic mass is 16.5. The number of benzene rings is 2. The van der Waals surface area contributed by atoms with E-state index in [1.807, 2.05) is 0 Å². The maximum atomic E-state index is 11.6. The van der Waals surface area contributed by atoms with Gasteiger partial charge in [0, 0.05) is 6.42 Å². The van der Waals surface area contributed by atoms with E-state index >= 15 is 0 Å². The fraction of sp³-hybridized carbons (Fsp3) is 0.211. The van der Waals surface area contributed by atoms with Gasteiger partial charge in [0.15, 0.2) is 0 Å². The quantitative estimate of drug-likeness (QED) is 0.302. The molecule has 0 aliphatic carbocycles. The minimum absolute atomic E-state index is 0.00491. The third-order valence-corrected chi connectivity index (χ3v) is 3.83. The lowest BCUT2D eigenvalue weighted by Crippen LogP contribution is -2.18. The van der Waals surface area contributed by atoms with Crippen molar-refractivity contribution < 1.29 is 34.5 Å². The topological polar surface area (TPSA) is 133 Å². The van der Waals surface area contributed by atoms with Crippen LogP contribution in [0.5, 0.6) is 5.75 Å². The number of aromatic carboxylic acids is 2. The minimum Gasteiger partial charge on any atom is -0.494 e. The monoisotopic (exact) mass is 373 g/mol. The number of rotatable bonds is 9. The van der Waals surface area contributed by atoms with Crippen LogP contribution in [0.4, 0.5) is 0 Å². The smallest absolute Gasteiger partial charge is 0.336 e. The van der Waals surface area contributed by atoms with E-state index in [0.29, 0.717) is 29.7 Å². The van der Waals surface area contributed by atoms with Crippen molar-refractivity contribution in [2.75, 3.05) is 6.61 Å². The summed E-state index contributed by atoms with van der Waals surface area (Å²) < 4.78 is 5.51. The molecule has 0 spiro atoms. The summed E-state index contributed by atoms with van der Waals surface area (Å²) in [5, 5.41) is 27.0. The number of hydrogen-bond donors (Lipinski definition) is 4. The standard InChI is InChI=1S/C19H19NO7/c21-17(20-26)6-1-2-9-27-14-7-8-15(16(11-14)19(24)25)12-4-3-5-13(10-12)18(22)23/h3-5,7-8,10-11,26H,1-2,6,9H2,(H,20,21)(H,22,23)(H,24,25). The van der Waals surface area contributed by atoms with E-state index in [1.54, 1.807) is 29.7 Å². The fourth-order valence-electron chi connectivity index (χ4n) is 2.50. The van der Waals surface area contributed by atoms with Gasteiger partial charge in [-0.3, -0.25) is 10.0 Å². The van der Waals surface area contributed by atoms with Gasteiger partial charge >= 0.3 is 11.9 Å². The van der Waals surface area contributed by atoms with Crippen molar-refractivity contribution in [3.8, 4) is 16.9 Å². The fourth-order valence-corrected chi connectivity index (χ4v) is 2.50. The molecule has 0 aromatic heterocycles. The van der Waals surface area contributed by atoms with Gasteiger partial charge in [0.05, 0.1) is 17.7 Å². The zero-order valence-corrected chi connectivity index (χ0v) is 14.3. The van der Waals surface area contributed by atoms with Crippen LogP contribution >= 0.6 is 0 Å². The Labute approximate surface area is 155 Å². The summed E-state index contributed by atoms with van der Waals surface area (Å²) in [5.74, 6) is -2.37. The third kappa shape index (κ3) is 5.55. The molecule has 0 radical (unpaired) electrons. The molecule has 0 aliphatic rings. The molecule has 0 fully saturated rings. The molecule has 142 valence electrons. The van der Waals surface area contributed by atoms with Crippen molar-refractivity contribution in [1.82, 2.24) is 5.48 Å². The maximum Gasteiger partial charge on any atom is 0.336 e. The molecule has 0 saturated heterocycles. The van der Waals surface area contributed by atoms with Gasteiger partial charge < -0.3 is 14.9 Å². The van der Waals surface area contributed by atoms with Crippen LogP contribution in [-0.2, 0) is 4.79 Å². The highest BCUT2D eigenvalue weighted by molar-refractivity contribution is 5.97. The molecule has 0 bridgehead atoms. The molecule has 2 rings (SSSR count). The normalized spacial score (nSPS) is 10.3. The number of nitrogens with one attached hydrogen (secondary N) is 1. The van der Waals surface area contributed by atoms with E-state index < -0.39 is 17.8 Å². The van der Waals surface area contributed by atoms with E-state index in [1.165, 1.54) is 18.2 Å². The number of carbonyl (C=O) groups excluding carboxylic acids is 1. The number of unbranched alkanes of at least 4 members (excludes halogenated alkanes) is 1. The number of carboxylic acid groups (broad SMARTS) is 2. The Morgan fingerprint density at radius 2 is 1.74 bits per heavy atom. The molecular formula is C19H19NO7. The predicted molar refractivity (Wildman–Crippen MR) is 95.1 cm³/mol. The number of carboxylic acids is 2. The van der Waals surface area contributed by atoms with Gasteiger partial charge in [-0.1, -0.05) is 12.1 Å². The van der Waals surface area contributed by atoms with Crippen LogP contribution < -0.4 is 10.2 Å². The Balaban J connectivity index is 2.13. The van der Waals surface area contributed by atoms with Crippen molar-refractivity contribution >= 4 is 17.8 Å². The molecule has 27 heavy (non-hydrogen) atoms. The SMILES string of the molecule is O=C(CCCCOc1ccc(-c2cccc(C(=O)O)c2)c(C(=O)O)c1)NO. The molecule has 1 amide bonds. The van der Waals surface area contributed by atoms with E-state index in [4.69, 9.17) is 15.1 Å². The molecule has 8 heteroatoms. The van der Waals surface area contributed by atoms with E-state index in [-0.39, 0.29) is 24.2 Å². The molecule has 0 saturated carbocycles. The Bertz CT molecular complexity index is 848. The summed E-state index contributed by atoms with van der Waals surface area (Å²) >= 11 is 0. The van der Waals surface area contributed by atoms with E-state index in [2.05, 4.69) is 0 Å². The van der Waals surface area contributed by atoms with Crippen molar-refractivity contribution in [3.05, 3.63) is 53.6 Å². The van der Waals surface area contributed by atoms with Gasteiger partial charge in [0.2, 0.25) is 5.91 Å². The first-order valence-corrected chi connectivity index (χ1v) is 8.19. The summed E-state index contributed by atoms with van der Waals surface area (Å²) in [6.07, 6.45) is 1.23. The van der Waals surface area contributed by atoms with Crippen molar-refractivity contribution in [1.29, 1.82) is 0 Å². The zero-order valence-electron chi connectivity index (χ0n) is 14.3. The molecule has 2 aromatic rings. The summed E-state index contributed by atoms with van der Waals surface area (Å²) in [6, 6.07) is 10.6. The number of hydrogen-bond acceptors (Lipinski definition) is 5. The van der Waals surface area contributed by atoms with Gasteiger partial charge in [0.1, 0.15) is 5.75 Å². The lowest BCUT2D eigenvalue weighted by Gasteiger charge is -2.11. The average Bonchev–Trinajstić information content (AvgIpc) is 2.67. The largest absolute Gasteiger partial charge is 0.494 e. The zero-order chi connectivity index (χ0) is 19.8. The Morgan fingerprint density at radius 3 is 2.41 bits per heavy atom. The van der Waals surface area contributed by atoms with Gasteiger partial charge in [-0.25, -0.2) is 15.1 Å². The predicted octanol–water partition coefficient (Wildman–Crippen LogP) is 2.80. The number of carbonyl (C=O) groups is 3. The van der Waals surface area contributed by atoms with Crippen LogP contribution in [0.3, 0.4) is 0 Å². The molecular weight excluding hydrogens is 354 g/mol. The highest BCUT2D eigenvalue weighted by Crippen LogP contribution is 2.28. The molecule has 0 unspecified atom stereocenters. The summed E-state index contributed by atoms with van der Waals surface area (Å²) in [7, 11) is 0. The summed E-state index contributed by atoms with van der Waals surface area (Å²) in [6.45, 7) is 0.283. The first-order chi connectivity index (χ1) is 12.9. The molecule has 4 N–H and O–H groups in total. The number of hydroxylamine groups is 1. The first-order valence-electron chi connectivity index (χ1n) is 8.19. The van der Waals surface area contributed by atoms with Gasteiger partial charge in [-0.05, 0) is 54.3 Å². The number of amides is 1. The highest BCUT2D eigenvalue weighted by Gasteiger charge is 2.15. The Morgan fingerprint density at radius 1 is 0.963 bits per heavy atom. The van der Waals surface area contributed by atoms with Crippen LogP contribution in [0.2, 0.25) is 0 Å². The van der Waals surface area contributed by atoms with Crippen LogP contribution in [0.1, 0.15) is 40.0 Å². The molecule has 2 aromatic carbocycles. The Hall–Kier alpha value is -3.39. The molecule has 0 aliphatic heterocycles. The maximum absolute atomic E-state index is 11.6. The number of ether oxygens (including phenoxy) is 1. The third-order valence-electron chi connectivity index (χ3n) is 3.83. The minimum atomic E-state index is -1.16. The molecule has 0 atom stereocenters. The van der Waals surface area contributed by atoms with Crippen molar-refractivity contribution in [2.45, 2.75) is 19.3 Å². The Kier molecular flexibility index (Phi) is 6.90. The van der Waals surface area contributed by atoms with E-state index in [9.17, 15) is 19.5 Å². The van der Waals surface area contributed by atoms with Gasteiger partial charge in [-0.15, -0.1) is 0 Å². The summed E-state index contributed by atoms with van der Waals surface area (Å²) in [4.78, 5) is 33.6. The second kappa shape index (κ2) is 9.35. The summed E-state index contributed by atoms with van der Waals surface area (Å²) in [5.41, 5.74) is 2.47. The van der Waals surface area contributed by atoms with Crippen LogP contribution in [-0.4, -0.2) is 39.9 Å². The van der Waals surface area contributed by atoms with Crippen LogP contribution in [0, 0.1) is 0 Å². The van der Waals surface area contributed by atoms with Gasteiger partial charge in [0.25, 0.3) is 0 Å². The van der Waals surface area contributed by atoms with Crippen LogP contribution in [0.25, 0.3) is 11.1 Å². The lowest BCUT2D eigenvalue weighted by atomic mass is 9.98. The average molecular weight is 373 g/mol. The molecule has 8 nitrogen and oxygen atoms in total. The second-order valence-corrected chi connectivity index (χ2v) is 5.74. The first kappa shape index (κ1) is 19.9. The van der Waals surface area contributed by atoms with Crippen LogP contribution in [0.15, 0.2) is 42.5 Å². The van der Waals surface area contributed by atoms with Crippen molar-refractivity contribution in [3.63, 3.8) is 0 Å².